The first-order valence-corrected chi connectivity index (χ1v) is 7.08. The number of likely N-dealkylation sites (N-methyl/N-ethyl adjacent to an activating group) is 1. The summed E-state index contributed by atoms with van der Waals surface area (Å²) in [5, 5.41) is 3.01. The average Bonchev–Trinajstić information content (AvgIpc) is 2.39. The molecule has 0 aliphatic rings. The number of carbonyl (C=O) groups excluding carboxylic acids is 1. The molecule has 1 N–H and O–H groups in total. The van der Waals surface area contributed by atoms with Gasteiger partial charge in [-0.25, -0.2) is 0 Å². The van der Waals surface area contributed by atoms with Gasteiger partial charge in [0.25, 0.3) is 0 Å². The van der Waals surface area contributed by atoms with Gasteiger partial charge in [-0.3, -0.25) is 4.79 Å². The number of hydrogen-bond acceptors (Lipinski definition) is 3. The average molecular weight is 264 g/mol. The summed E-state index contributed by atoms with van der Waals surface area (Å²) in [6.07, 6.45) is 3.80. The molecule has 0 aromatic heterocycles. The summed E-state index contributed by atoms with van der Waals surface area (Å²) in [6, 6.07) is 8.28. The summed E-state index contributed by atoms with van der Waals surface area (Å²) in [6.45, 7) is 5.25. The van der Waals surface area contributed by atoms with Gasteiger partial charge in [0.2, 0.25) is 5.91 Å². The zero-order valence-corrected chi connectivity index (χ0v) is 11.8. The number of hydrogen-bond donors (Lipinski definition) is 1. The highest BCUT2D eigenvalue weighted by atomic mass is 32.2. The van der Waals surface area contributed by atoms with Crippen molar-refractivity contribution < 1.29 is 4.79 Å². The monoisotopic (exact) mass is 264 g/mol. The second-order valence-electron chi connectivity index (χ2n) is 4.02. The lowest BCUT2D eigenvalue weighted by molar-refractivity contribution is -0.129. The molecule has 4 heteroatoms. The Morgan fingerprint density at radius 2 is 2.11 bits per heavy atom. The second-order valence-corrected chi connectivity index (χ2v) is 4.90. The van der Waals surface area contributed by atoms with Gasteiger partial charge in [0.15, 0.2) is 0 Å². The first kappa shape index (κ1) is 14.8. The lowest BCUT2D eigenvalue weighted by atomic mass is 10.2. The van der Waals surface area contributed by atoms with Crippen molar-refractivity contribution in [1.82, 2.24) is 10.2 Å². The Morgan fingerprint density at radius 3 is 2.67 bits per heavy atom. The van der Waals surface area contributed by atoms with Crippen molar-refractivity contribution in [3.8, 4) is 0 Å². The molecule has 0 saturated carbocycles. The van der Waals surface area contributed by atoms with Gasteiger partial charge in [-0.1, -0.05) is 18.2 Å². The van der Waals surface area contributed by atoms with Gasteiger partial charge in [0, 0.05) is 25.0 Å². The van der Waals surface area contributed by atoms with Crippen molar-refractivity contribution in [2.75, 3.05) is 26.4 Å². The summed E-state index contributed by atoms with van der Waals surface area (Å²) < 4.78 is 0. The van der Waals surface area contributed by atoms with E-state index in [2.05, 4.69) is 42.4 Å². The Balaban J connectivity index is 2.44. The summed E-state index contributed by atoms with van der Waals surface area (Å²) in [5.74, 6) is 0.0887. The van der Waals surface area contributed by atoms with E-state index < -0.39 is 0 Å². The molecule has 18 heavy (non-hydrogen) atoms. The maximum atomic E-state index is 11.8. The van der Waals surface area contributed by atoms with E-state index in [1.54, 1.807) is 22.7 Å². The molecule has 0 radical (unpaired) electrons. The number of nitrogens with one attached hydrogen (secondary N) is 1. The SMILES string of the molecule is C=CCNCC(=O)N(C)Cc1ccc(SC)cc1. The third-order valence-electron chi connectivity index (χ3n) is 2.57. The number of nitrogens with zero attached hydrogens (tertiary/aromatic N) is 1. The maximum absolute atomic E-state index is 11.8. The molecule has 0 heterocycles. The molecule has 0 bridgehead atoms. The van der Waals surface area contributed by atoms with Gasteiger partial charge >= 0.3 is 0 Å². The lowest BCUT2D eigenvalue weighted by Gasteiger charge is -2.17. The number of amides is 1. The van der Waals surface area contributed by atoms with E-state index in [4.69, 9.17) is 0 Å². The van der Waals surface area contributed by atoms with Crippen LogP contribution in [0.3, 0.4) is 0 Å². The molecular formula is C14H20N2OS. The van der Waals surface area contributed by atoms with Crippen LogP contribution >= 0.6 is 11.8 Å². The van der Waals surface area contributed by atoms with E-state index in [0.717, 1.165) is 5.56 Å². The van der Waals surface area contributed by atoms with Crippen LogP contribution in [-0.4, -0.2) is 37.2 Å². The number of benzene rings is 1. The van der Waals surface area contributed by atoms with Crippen molar-refractivity contribution in [1.29, 1.82) is 0 Å². The molecule has 1 aromatic rings. The minimum absolute atomic E-state index is 0.0887. The molecule has 0 spiro atoms. The van der Waals surface area contributed by atoms with Crippen molar-refractivity contribution in [2.24, 2.45) is 0 Å². The molecule has 0 fully saturated rings. The van der Waals surface area contributed by atoms with Crippen LogP contribution in [0.2, 0.25) is 0 Å². The fraction of sp³-hybridized carbons (Fsp3) is 0.357. The highest BCUT2D eigenvalue weighted by Crippen LogP contribution is 2.15. The Hall–Kier alpha value is -1.26. The van der Waals surface area contributed by atoms with Gasteiger partial charge in [-0.05, 0) is 24.0 Å². The normalized spacial score (nSPS) is 10.1. The molecular weight excluding hydrogens is 244 g/mol. The number of rotatable bonds is 7. The van der Waals surface area contributed by atoms with Gasteiger partial charge in [0.05, 0.1) is 6.54 Å². The van der Waals surface area contributed by atoms with Crippen LogP contribution in [0.4, 0.5) is 0 Å². The fourth-order valence-corrected chi connectivity index (χ4v) is 1.92. The third-order valence-corrected chi connectivity index (χ3v) is 3.31. The largest absolute Gasteiger partial charge is 0.340 e. The van der Waals surface area contributed by atoms with Gasteiger partial charge < -0.3 is 10.2 Å². The molecule has 1 rings (SSSR count). The number of thioether (sulfide) groups is 1. The Bertz CT molecular complexity index is 389. The van der Waals surface area contributed by atoms with E-state index in [1.807, 2.05) is 7.05 Å². The molecule has 98 valence electrons. The summed E-state index contributed by atoms with van der Waals surface area (Å²) in [7, 11) is 1.82. The van der Waals surface area contributed by atoms with Crippen LogP contribution in [0.5, 0.6) is 0 Å². The molecule has 3 nitrogen and oxygen atoms in total. The fourth-order valence-electron chi connectivity index (χ4n) is 1.51. The standard InChI is InChI=1S/C14H20N2OS/c1-4-9-15-10-14(17)16(2)11-12-5-7-13(18-3)8-6-12/h4-8,15H,1,9-11H2,2-3H3. The van der Waals surface area contributed by atoms with Crippen molar-refractivity contribution in [2.45, 2.75) is 11.4 Å². The van der Waals surface area contributed by atoms with E-state index >= 15 is 0 Å². The molecule has 1 amide bonds. The summed E-state index contributed by atoms with van der Waals surface area (Å²) in [5.41, 5.74) is 1.15. The molecule has 0 saturated heterocycles. The Morgan fingerprint density at radius 1 is 1.44 bits per heavy atom. The van der Waals surface area contributed by atoms with Crippen molar-refractivity contribution in [3.05, 3.63) is 42.5 Å². The second kappa shape index (κ2) is 7.95. The van der Waals surface area contributed by atoms with Crippen molar-refractivity contribution in [3.63, 3.8) is 0 Å². The third kappa shape index (κ3) is 4.94. The Kier molecular flexibility index (Phi) is 6.54. The predicted molar refractivity (Wildman–Crippen MR) is 77.8 cm³/mol. The highest BCUT2D eigenvalue weighted by molar-refractivity contribution is 7.98. The van der Waals surface area contributed by atoms with Crippen LogP contribution in [-0.2, 0) is 11.3 Å². The topological polar surface area (TPSA) is 32.3 Å². The van der Waals surface area contributed by atoms with Crippen LogP contribution in [0.1, 0.15) is 5.56 Å². The molecule has 0 atom stereocenters. The smallest absolute Gasteiger partial charge is 0.236 e. The van der Waals surface area contributed by atoms with Crippen LogP contribution in [0.25, 0.3) is 0 Å². The highest BCUT2D eigenvalue weighted by Gasteiger charge is 2.08. The zero-order valence-electron chi connectivity index (χ0n) is 11.0. The summed E-state index contributed by atoms with van der Waals surface area (Å²) >= 11 is 1.72. The van der Waals surface area contributed by atoms with Crippen LogP contribution in [0, 0.1) is 0 Å². The minimum atomic E-state index is 0.0887. The summed E-state index contributed by atoms with van der Waals surface area (Å²) in [4.78, 5) is 14.7. The molecule has 0 aliphatic carbocycles. The lowest BCUT2D eigenvalue weighted by Crippen LogP contribution is -2.35. The quantitative estimate of drug-likeness (QED) is 0.465. The number of carbonyl (C=O) groups is 1. The Labute approximate surface area is 113 Å². The van der Waals surface area contributed by atoms with Gasteiger partial charge in [-0.15, -0.1) is 18.3 Å². The van der Waals surface area contributed by atoms with Crippen molar-refractivity contribution >= 4 is 17.7 Å². The maximum Gasteiger partial charge on any atom is 0.236 e. The van der Waals surface area contributed by atoms with Crippen LogP contribution < -0.4 is 5.32 Å². The zero-order chi connectivity index (χ0) is 13.4. The van der Waals surface area contributed by atoms with E-state index in [9.17, 15) is 4.79 Å². The van der Waals surface area contributed by atoms with E-state index in [0.29, 0.717) is 19.6 Å². The molecule has 0 aliphatic heterocycles. The van der Waals surface area contributed by atoms with Crippen LogP contribution in [0.15, 0.2) is 41.8 Å². The molecule has 1 aromatic carbocycles. The van der Waals surface area contributed by atoms with Gasteiger partial charge in [0.1, 0.15) is 0 Å². The van der Waals surface area contributed by atoms with Gasteiger partial charge in [-0.2, -0.15) is 0 Å². The minimum Gasteiger partial charge on any atom is -0.340 e. The first-order chi connectivity index (χ1) is 8.67. The molecule has 0 unspecified atom stereocenters. The predicted octanol–water partition coefficient (Wildman–Crippen LogP) is 2.14. The van der Waals surface area contributed by atoms with E-state index in [-0.39, 0.29) is 5.91 Å². The first-order valence-electron chi connectivity index (χ1n) is 5.86. The van der Waals surface area contributed by atoms with E-state index in [1.165, 1.54) is 4.90 Å².